The van der Waals surface area contributed by atoms with Crippen molar-refractivity contribution in [3.63, 3.8) is 0 Å². The molecule has 4 nitrogen and oxygen atoms in total. The van der Waals surface area contributed by atoms with Crippen molar-refractivity contribution in [2.75, 3.05) is 19.6 Å². The fraction of sp³-hybridized carbons (Fsp3) is 0.471. The summed E-state index contributed by atoms with van der Waals surface area (Å²) in [4.78, 5) is 13.6. The fourth-order valence-electron chi connectivity index (χ4n) is 3.37. The third-order valence-corrected chi connectivity index (χ3v) is 4.46. The van der Waals surface area contributed by atoms with Crippen molar-refractivity contribution in [1.29, 1.82) is 0 Å². The highest BCUT2D eigenvalue weighted by atomic mass is 16.3. The molecule has 0 aliphatic carbocycles. The first-order valence-electron chi connectivity index (χ1n) is 7.64. The molecule has 1 aromatic heterocycles. The number of aromatic nitrogens is 1. The number of aldehydes is 1. The first-order chi connectivity index (χ1) is 10.2. The van der Waals surface area contributed by atoms with Gasteiger partial charge in [-0.2, -0.15) is 0 Å². The molecule has 1 aliphatic rings. The van der Waals surface area contributed by atoms with Gasteiger partial charge in [-0.15, -0.1) is 0 Å². The number of fused-ring (bicyclic) bond motifs is 1. The van der Waals surface area contributed by atoms with Crippen molar-refractivity contribution in [2.45, 2.75) is 32.4 Å². The Hall–Kier alpha value is -1.65. The van der Waals surface area contributed by atoms with E-state index in [1.807, 2.05) is 31.2 Å². The van der Waals surface area contributed by atoms with Crippen molar-refractivity contribution in [3.8, 4) is 0 Å². The minimum atomic E-state index is -0.405. The van der Waals surface area contributed by atoms with E-state index < -0.39 is 6.10 Å². The summed E-state index contributed by atoms with van der Waals surface area (Å²) < 4.78 is 2.07. The van der Waals surface area contributed by atoms with Gasteiger partial charge in [0.2, 0.25) is 0 Å². The number of hydrogen-bond donors (Lipinski definition) is 1. The minimum Gasteiger partial charge on any atom is -0.390 e. The van der Waals surface area contributed by atoms with E-state index in [0.29, 0.717) is 13.1 Å². The van der Waals surface area contributed by atoms with Crippen LogP contribution >= 0.6 is 0 Å². The number of aliphatic hydroxyl groups is 1. The monoisotopic (exact) mass is 286 g/mol. The van der Waals surface area contributed by atoms with E-state index in [1.54, 1.807) is 0 Å². The van der Waals surface area contributed by atoms with Gasteiger partial charge >= 0.3 is 0 Å². The molecule has 3 rings (SSSR count). The zero-order chi connectivity index (χ0) is 14.8. The fourth-order valence-corrected chi connectivity index (χ4v) is 3.37. The Morgan fingerprint density at radius 1 is 1.24 bits per heavy atom. The maximum Gasteiger partial charge on any atom is 0.152 e. The van der Waals surface area contributed by atoms with Crippen LogP contribution in [-0.4, -0.2) is 46.6 Å². The highest BCUT2D eigenvalue weighted by Gasteiger charge is 2.19. The maximum atomic E-state index is 11.3. The van der Waals surface area contributed by atoms with Crippen molar-refractivity contribution in [1.82, 2.24) is 9.47 Å². The van der Waals surface area contributed by atoms with Crippen LogP contribution < -0.4 is 0 Å². The lowest BCUT2D eigenvalue weighted by Gasteiger charge is -2.20. The van der Waals surface area contributed by atoms with E-state index in [9.17, 15) is 9.90 Å². The number of rotatable bonds is 5. The third kappa shape index (κ3) is 2.74. The zero-order valence-electron chi connectivity index (χ0n) is 12.5. The Morgan fingerprint density at radius 3 is 2.67 bits per heavy atom. The molecule has 0 bridgehead atoms. The van der Waals surface area contributed by atoms with Crippen LogP contribution in [0.25, 0.3) is 10.9 Å². The van der Waals surface area contributed by atoms with Gasteiger partial charge in [-0.25, -0.2) is 0 Å². The molecule has 1 aromatic carbocycles. The number of para-hydroxylation sites is 1. The minimum absolute atomic E-state index is 0.405. The van der Waals surface area contributed by atoms with Crippen LogP contribution in [0.4, 0.5) is 0 Å². The molecule has 0 saturated carbocycles. The Kier molecular flexibility index (Phi) is 4.08. The first kappa shape index (κ1) is 14.3. The van der Waals surface area contributed by atoms with Gasteiger partial charge in [0.15, 0.2) is 6.29 Å². The number of likely N-dealkylation sites (tertiary alicyclic amines) is 1. The summed E-state index contributed by atoms with van der Waals surface area (Å²) >= 11 is 0. The van der Waals surface area contributed by atoms with Crippen LogP contribution in [0.5, 0.6) is 0 Å². The second kappa shape index (κ2) is 6.00. The molecule has 0 radical (unpaired) electrons. The quantitative estimate of drug-likeness (QED) is 0.857. The summed E-state index contributed by atoms with van der Waals surface area (Å²) in [5.74, 6) is 0. The van der Waals surface area contributed by atoms with Gasteiger partial charge in [0.1, 0.15) is 0 Å². The van der Waals surface area contributed by atoms with Crippen LogP contribution in [-0.2, 0) is 6.54 Å². The van der Waals surface area contributed by atoms with Gasteiger partial charge in [-0.3, -0.25) is 4.79 Å². The number of benzene rings is 1. The van der Waals surface area contributed by atoms with E-state index in [-0.39, 0.29) is 0 Å². The van der Waals surface area contributed by atoms with Crippen LogP contribution in [0.3, 0.4) is 0 Å². The van der Waals surface area contributed by atoms with Crippen molar-refractivity contribution >= 4 is 17.2 Å². The molecule has 1 aliphatic heterocycles. The van der Waals surface area contributed by atoms with E-state index in [1.165, 1.54) is 12.8 Å². The molecule has 1 atom stereocenters. The molecule has 2 heterocycles. The number of hydrogen-bond acceptors (Lipinski definition) is 3. The zero-order valence-corrected chi connectivity index (χ0v) is 12.5. The predicted molar refractivity (Wildman–Crippen MR) is 83.7 cm³/mol. The van der Waals surface area contributed by atoms with Crippen LogP contribution in [0, 0.1) is 6.92 Å². The second-order valence-electron chi connectivity index (χ2n) is 5.91. The predicted octanol–water partition coefficient (Wildman–Crippen LogP) is 2.22. The van der Waals surface area contributed by atoms with Gasteiger partial charge in [0.05, 0.1) is 12.6 Å². The van der Waals surface area contributed by atoms with Gasteiger partial charge in [-0.1, -0.05) is 18.2 Å². The Morgan fingerprint density at radius 2 is 1.95 bits per heavy atom. The molecule has 21 heavy (non-hydrogen) atoms. The summed E-state index contributed by atoms with van der Waals surface area (Å²) in [6.07, 6.45) is 2.97. The molecule has 0 spiro atoms. The highest BCUT2D eigenvalue weighted by Crippen LogP contribution is 2.24. The Balaban J connectivity index is 1.85. The lowest BCUT2D eigenvalue weighted by molar-refractivity contribution is 0.109. The summed E-state index contributed by atoms with van der Waals surface area (Å²) in [6.45, 7) is 5.37. The Labute approximate surface area is 125 Å². The third-order valence-electron chi connectivity index (χ3n) is 4.46. The molecular weight excluding hydrogens is 264 g/mol. The standard InChI is InChI=1S/C17H22N2O2/c1-13-16(12-20)15-6-2-3-7-17(15)19(13)11-14(21)10-18-8-4-5-9-18/h2-3,6-7,12,14,21H,4-5,8-11H2,1H3. The lowest BCUT2D eigenvalue weighted by Crippen LogP contribution is -2.32. The first-order valence-corrected chi connectivity index (χ1v) is 7.64. The molecule has 1 saturated heterocycles. The summed E-state index contributed by atoms with van der Waals surface area (Å²) in [5.41, 5.74) is 2.70. The molecule has 1 N–H and O–H groups in total. The largest absolute Gasteiger partial charge is 0.390 e. The van der Waals surface area contributed by atoms with Gasteiger partial charge < -0.3 is 14.6 Å². The van der Waals surface area contributed by atoms with Crippen molar-refractivity contribution in [2.24, 2.45) is 0 Å². The van der Waals surface area contributed by atoms with E-state index in [2.05, 4.69) is 9.47 Å². The Bertz CT molecular complexity index is 642. The van der Waals surface area contributed by atoms with Crippen LogP contribution in [0.15, 0.2) is 24.3 Å². The SMILES string of the molecule is Cc1c(C=O)c2ccccc2n1CC(O)CN1CCCC1. The summed E-state index contributed by atoms with van der Waals surface area (Å²) in [7, 11) is 0. The van der Waals surface area contributed by atoms with Crippen LogP contribution in [0.1, 0.15) is 28.9 Å². The molecule has 1 fully saturated rings. The average molecular weight is 286 g/mol. The van der Waals surface area contributed by atoms with E-state index >= 15 is 0 Å². The summed E-state index contributed by atoms with van der Waals surface area (Å²) in [6, 6.07) is 7.90. The average Bonchev–Trinajstić information content (AvgIpc) is 3.07. The van der Waals surface area contributed by atoms with Gasteiger partial charge in [-0.05, 0) is 38.9 Å². The van der Waals surface area contributed by atoms with Crippen molar-refractivity contribution in [3.05, 3.63) is 35.5 Å². The second-order valence-corrected chi connectivity index (χ2v) is 5.91. The summed E-state index contributed by atoms with van der Waals surface area (Å²) in [5, 5.41) is 11.3. The topological polar surface area (TPSA) is 45.5 Å². The molecule has 2 aromatic rings. The lowest BCUT2D eigenvalue weighted by atomic mass is 10.1. The highest BCUT2D eigenvalue weighted by molar-refractivity contribution is 5.99. The van der Waals surface area contributed by atoms with Crippen molar-refractivity contribution < 1.29 is 9.90 Å². The number of carbonyl (C=O) groups is 1. The number of aliphatic hydroxyl groups excluding tert-OH is 1. The number of nitrogens with zero attached hydrogens (tertiary/aromatic N) is 2. The molecule has 4 heteroatoms. The number of β-amino-alcohol motifs (C(OH)–C–C–N with tert-alkyl or cyclic N) is 1. The number of carbonyl (C=O) groups excluding carboxylic acids is 1. The van der Waals surface area contributed by atoms with E-state index in [0.717, 1.165) is 41.5 Å². The smallest absolute Gasteiger partial charge is 0.152 e. The molecular formula is C17H22N2O2. The van der Waals surface area contributed by atoms with Gasteiger partial charge in [0.25, 0.3) is 0 Å². The van der Waals surface area contributed by atoms with Gasteiger partial charge in [0, 0.05) is 28.7 Å². The van der Waals surface area contributed by atoms with E-state index in [4.69, 9.17) is 0 Å². The molecule has 112 valence electrons. The van der Waals surface area contributed by atoms with Crippen LogP contribution in [0.2, 0.25) is 0 Å². The normalized spacial score (nSPS) is 17.4. The maximum absolute atomic E-state index is 11.3. The molecule has 0 amide bonds. The molecule has 1 unspecified atom stereocenters.